The number of hydrogen-bond acceptors (Lipinski definition) is 4. The van der Waals surface area contributed by atoms with Gasteiger partial charge >= 0.3 is 0 Å². The molecule has 126 valence electrons. The normalized spacial score (nSPS) is 16.1. The van der Waals surface area contributed by atoms with Crippen LogP contribution in [0.4, 0.5) is 10.1 Å². The maximum absolute atomic E-state index is 13.1. The van der Waals surface area contributed by atoms with Gasteiger partial charge in [0.05, 0.1) is 5.69 Å². The Labute approximate surface area is 147 Å². The first-order chi connectivity index (χ1) is 11.6. The maximum Gasteiger partial charge on any atom is 0.123 e. The van der Waals surface area contributed by atoms with E-state index < -0.39 is 0 Å². The molecule has 1 fully saturated rings. The molecule has 2 aromatic carbocycles. The van der Waals surface area contributed by atoms with Gasteiger partial charge in [-0.25, -0.2) is 8.70 Å². The molecule has 1 heterocycles. The number of nitrogens with one attached hydrogen (secondary N) is 1. The Balaban J connectivity index is 1.69. The average Bonchev–Trinajstić information content (AvgIpc) is 2.59. The van der Waals surface area contributed by atoms with Gasteiger partial charge < -0.3 is 10.2 Å². The predicted octanol–water partition coefficient (Wildman–Crippen LogP) is 4.16. The lowest BCUT2D eigenvalue weighted by atomic mass is 10.1. The van der Waals surface area contributed by atoms with Crippen LogP contribution >= 0.6 is 11.9 Å². The van der Waals surface area contributed by atoms with Crippen LogP contribution in [0.3, 0.4) is 0 Å². The number of nitrogens with zero attached hydrogens (tertiary/aromatic N) is 2. The second kappa shape index (κ2) is 7.83. The Hall–Kier alpha value is -1.82. The van der Waals surface area contributed by atoms with Crippen LogP contribution in [0.5, 0.6) is 0 Å². The Morgan fingerprint density at radius 3 is 2.42 bits per heavy atom. The molecule has 3 nitrogen and oxygen atoms in total. The Kier molecular flexibility index (Phi) is 5.56. The molecule has 1 aliphatic rings. The largest absolute Gasteiger partial charge is 0.355 e. The fourth-order valence-corrected chi connectivity index (χ4v) is 3.53. The summed E-state index contributed by atoms with van der Waals surface area (Å²) in [6.45, 7) is 8.36. The van der Waals surface area contributed by atoms with Gasteiger partial charge in [-0.15, -0.1) is 0 Å². The molecule has 24 heavy (non-hydrogen) atoms. The third kappa shape index (κ3) is 4.38. The molecular formula is C19H22FN3S. The summed E-state index contributed by atoms with van der Waals surface area (Å²) in [7, 11) is 2.16. The number of anilines is 1. The predicted molar refractivity (Wildman–Crippen MR) is 100 cm³/mol. The van der Waals surface area contributed by atoms with Crippen LogP contribution in [0, 0.1) is 5.82 Å². The number of halogens is 1. The van der Waals surface area contributed by atoms with E-state index in [1.807, 2.05) is 18.2 Å². The van der Waals surface area contributed by atoms with Gasteiger partial charge in [-0.1, -0.05) is 30.8 Å². The van der Waals surface area contributed by atoms with E-state index in [-0.39, 0.29) is 5.82 Å². The van der Waals surface area contributed by atoms with Crippen LogP contribution in [0.25, 0.3) is 5.70 Å². The molecule has 0 spiro atoms. The van der Waals surface area contributed by atoms with Gasteiger partial charge in [-0.3, -0.25) is 0 Å². The average molecular weight is 343 g/mol. The van der Waals surface area contributed by atoms with Crippen LogP contribution in [0.1, 0.15) is 5.56 Å². The molecule has 0 saturated carbocycles. The molecule has 0 amide bonds. The van der Waals surface area contributed by atoms with Gasteiger partial charge in [0.1, 0.15) is 5.82 Å². The van der Waals surface area contributed by atoms with Gasteiger partial charge in [0.15, 0.2) is 0 Å². The molecule has 1 N–H and O–H groups in total. The Bertz CT molecular complexity index is 694. The van der Waals surface area contributed by atoms with E-state index in [0.29, 0.717) is 0 Å². The molecule has 0 radical (unpaired) electrons. The van der Waals surface area contributed by atoms with Gasteiger partial charge in [0.2, 0.25) is 0 Å². The van der Waals surface area contributed by atoms with Crippen molar-refractivity contribution in [1.82, 2.24) is 9.21 Å². The van der Waals surface area contributed by atoms with Crippen LogP contribution < -0.4 is 5.32 Å². The second-order valence-corrected chi connectivity index (χ2v) is 7.07. The lowest BCUT2D eigenvalue weighted by Gasteiger charge is -2.31. The van der Waals surface area contributed by atoms with Crippen LogP contribution in [-0.2, 0) is 0 Å². The maximum atomic E-state index is 13.1. The highest BCUT2D eigenvalue weighted by molar-refractivity contribution is 7.97. The van der Waals surface area contributed by atoms with Crippen molar-refractivity contribution in [3.63, 3.8) is 0 Å². The van der Waals surface area contributed by atoms with Crippen molar-refractivity contribution in [2.45, 2.75) is 4.90 Å². The first-order valence-electron chi connectivity index (χ1n) is 8.04. The number of rotatable bonds is 5. The Morgan fingerprint density at radius 1 is 1.04 bits per heavy atom. The summed E-state index contributed by atoms with van der Waals surface area (Å²) < 4.78 is 15.5. The minimum atomic E-state index is -0.238. The highest BCUT2D eigenvalue weighted by Crippen LogP contribution is 2.32. The van der Waals surface area contributed by atoms with E-state index in [1.165, 1.54) is 17.0 Å². The topological polar surface area (TPSA) is 18.5 Å². The molecule has 0 aromatic heterocycles. The molecule has 0 unspecified atom stereocenters. The van der Waals surface area contributed by atoms with Gasteiger partial charge in [0.25, 0.3) is 0 Å². The molecule has 3 rings (SSSR count). The zero-order valence-corrected chi connectivity index (χ0v) is 14.7. The number of para-hydroxylation sites is 1. The van der Waals surface area contributed by atoms with Crippen LogP contribution in [0.15, 0.2) is 60.0 Å². The fourth-order valence-electron chi connectivity index (χ4n) is 2.55. The van der Waals surface area contributed by atoms with Crippen molar-refractivity contribution in [3.05, 3.63) is 66.5 Å². The van der Waals surface area contributed by atoms with E-state index in [9.17, 15) is 4.39 Å². The third-order valence-corrected chi connectivity index (χ3v) is 5.23. The van der Waals surface area contributed by atoms with E-state index in [1.54, 1.807) is 24.1 Å². The monoisotopic (exact) mass is 343 g/mol. The summed E-state index contributed by atoms with van der Waals surface area (Å²) in [5, 5.41) is 3.37. The minimum absolute atomic E-state index is 0.238. The molecule has 0 aliphatic carbocycles. The lowest BCUT2D eigenvalue weighted by molar-refractivity contribution is 0.233. The molecular weight excluding hydrogens is 321 g/mol. The summed E-state index contributed by atoms with van der Waals surface area (Å²) in [4.78, 5) is 3.52. The van der Waals surface area contributed by atoms with Crippen LogP contribution in [0.2, 0.25) is 0 Å². The quantitative estimate of drug-likeness (QED) is 0.821. The van der Waals surface area contributed by atoms with Gasteiger partial charge in [-0.2, -0.15) is 0 Å². The number of benzene rings is 2. The fraction of sp³-hybridized carbons (Fsp3) is 0.263. The zero-order chi connectivity index (χ0) is 16.9. The lowest BCUT2D eigenvalue weighted by Crippen LogP contribution is -2.41. The SMILES string of the molecule is C=C(Nc1ccccc1SN1CCN(C)CC1)c1ccc(F)cc1. The van der Waals surface area contributed by atoms with E-state index in [0.717, 1.165) is 43.1 Å². The van der Waals surface area contributed by atoms with E-state index in [2.05, 4.69) is 34.2 Å². The van der Waals surface area contributed by atoms with Crippen molar-refractivity contribution < 1.29 is 4.39 Å². The highest BCUT2D eigenvalue weighted by Gasteiger charge is 2.16. The standard InChI is InChI=1S/C19H22FN3S/c1-15(16-7-9-17(20)10-8-16)21-18-5-3-4-6-19(18)24-23-13-11-22(2)12-14-23/h3-10,21H,1,11-14H2,2H3. The van der Waals surface area contributed by atoms with Crippen molar-refractivity contribution in [3.8, 4) is 0 Å². The van der Waals surface area contributed by atoms with Crippen molar-refractivity contribution in [1.29, 1.82) is 0 Å². The smallest absolute Gasteiger partial charge is 0.123 e. The zero-order valence-electron chi connectivity index (χ0n) is 13.8. The van der Waals surface area contributed by atoms with Crippen molar-refractivity contribution >= 4 is 23.3 Å². The molecule has 0 bridgehead atoms. The van der Waals surface area contributed by atoms with E-state index >= 15 is 0 Å². The van der Waals surface area contributed by atoms with E-state index in [4.69, 9.17) is 0 Å². The summed E-state index contributed by atoms with van der Waals surface area (Å²) in [6.07, 6.45) is 0. The van der Waals surface area contributed by atoms with Gasteiger partial charge in [0, 0.05) is 36.8 Å². The molecule has 5 heteroatoms. The molecule has 1 aliphatic heterocycles. The molecule has 2 aromatic rings. The number of hydrogen-bond donors (Lipinski definition) is 1. The molecule has 0 atom stereocenters. The Morgan fingerprint density at radius 2 is 1.71 bits per heavy atom. The highest BCUT2D eigenvalue weighted by atomic mass is 32.2. The van der Waals surface area contributed by atoms with Crippen molar-refractivity contribution in [2.24, 2.45) is 0 Å². The molecule has 1 saturated heterocycles. The summed E-state index contributed by atoms with van der Waals surface area (Å²) in [6, 6.07) is 14.6. The second-order valence-electron chi connectivity index (χ2n) is 5.93. The third-order valence-electron chi connectivity index (χ3n) is 4.05. The first-order valence-corrected chi connectivity index (χ1v) is 8.81. The number of piperazine rings is 1. The van der Waals surface area contributed by atoms with Crippen LogP contribution in [-0.4, -0.2) is 42.4 Å². The van der Waals surface area contributed by atoms with Crippen molar-refractivity contribution in [2.75, 3.05) is 38.5 Å². The summed E-state index contributed by atoms with van der Waals surface area (Å²) >= 11 is 1.78. The van der Waals surface area contributed by atoms with Gasteiger partial charge in [-0.05, 0) is 48.8 Å². The number of likely N-dealkylation sites (N-methyl/N-ethyl adjacent to an activating group) is 1. The summed E-state index contributed by atoms with van der Waals surface area (Å²) in [5.41, 5.74) is 2.67. The first kappa shape index (κ1) is 17.0. The summed E-state index contributed by atoms with van der Waals surface area (Å²) in [5.74, 6) is -0.238. The minimum Gasteiger partial charge on any atom is -0.355 e.